The maximum Gasteiger partial charge on any atom is 0.264 e. The number of thiophene rings is 1. The lowest BCUT2D eigenvalue weighted by Gasteiger charge is -2.17. The number of hydrogen-bond donors (Lipinski definition) is 2. The average Bonchev–Trinajstić information content (AvgIpc) is 3.41. The molecule has 3 heterocycles. The number of primary amides is 1. The van der Waals surface area contributed by atoms with Gasteiger partial charge in [-0.1, -0.05) is 18.2 Å². The highest BCUT2D eigenvalue weighted by Crippen LogP contribution is 2.35. The Hall–Kier alpha value is -3.98. The number of pyridine rings is 1. The molecule has 9 heteroatoms. The summed E-state index contributed by atoms with van der Waals surface area (Å²) in [5.74, 6) is -0.0891. The van der Waals surface area contributed by atoms with Gasteiger partial charge in [0.2, 0.25) is 0 Å². The van der Waals surface area contributed by atoms with E-state index < -0.39 is 11.8 Å². The summed E-state index contributed by atoms with van der Waals surface area (Å²) in [7, 11) is 0. The Morgan fingerprint density at radius 1 is 1.09 bits per heavy atom. The summed E-state index contributed by atoms with van der Waals surface area (Å²) in [4.78, 5) is 45.5. The Morgan fingerprint density at radius 3 is 2.43 bits per heavy atom. The Kier molecular flexibility index (Phi) is 6.70. The Labute approximate surface area is 206 Å². The first kappa shape index (κ1) is 24.2. The summed E-state index contributed by atoms with van der Waals surface area (Å²) >= 11 is 1.06. The third-order valence-corrected chi connectivity index (χ3v) is 7.01. The SMILES string of the molecule is CCN(CC)C(=O)c1sc(NC(=O)c2cc(-c3ccc(C)o3)nc3ccccc23)c(C(N)=O)c1C. The predicted molar refractivity (Wildman–Crippen MR) is 137 cm³/mol. The fraction of sp³-hybridized carbons (Fsp3) is 0.231. The van der Waals surface area contributed by atoms with Crippen LogP contribution < -0.4 is 11.1 Å². The molecule has 4 rings (SSSR count). The summed E-state index contributed by atoms with van der Waals surface area (Å²) in [6.07, 6.45) is 0. The Morgan fingerprint density at radius 2 is 1.80 bits per heavy atom. The summed E-state index contributed by atoms with van der Waals surface area (Å²) in [5.41, 5.74) is 7.74. The van der Waals surface area contributed by atoms with E-state index in [1.54, 1.807) is 30.0 Å². The average molecular weight is 491 g/mol. The topological polar surface area (TPSA) is 119 Å². The number of amides is 3. The molecule has 3 amide bonds. The molecule has 0 atom stereocenters. The molecule has 0 bridgehead atoms. The number of carbonyl (C=O) groups is 3. The molecule has 0 aliphatic heterocycles. The number of aromatic nitrogens is 1. The fourth-order valence-electron chi connectivity index (χ4n) is 3.99. The first-order valence-electron chi connectivity index (χ1n) is 11.3. The van der Waals surface area contributed by atoms with E-state index in [1.807, 2.05) is 45.0 Å². The third kappa shape index (κ3) is 4.54. The lowest BCUT2D eigenvalue weighted by atomic mass is 10.1. The number of rotatable bonds is 7. The predicted octanol–water partition coefficient (Wildman–Crippen LogP) is 5.01. The van der Waals surface area contributed by atoms with E-state index in [4.69, 9.17) is 10.2 Å². The van der Waals surface area contributed by atoms with Crippen molar-refractivity contribution in [2.45, 2.75) is 27.7 Å². The van der Waals surface area contributed by atoms with Crippen molar-refractivity contribution in [1.29, 1.82) is 0 Å². The minimum Gasteiger partial charge on any atom is -0.460 e. The van der Waals surface area contributed by atoms with Gasteiger partial charge in [0, 0.05) is 18.5 Å². The summed E-state index contributed by atoms with van der Waals surface area (Å²) in [6, 6.07) is 12.6. The number of furan rings is 1. The van der Waals surface area contributed by atoms with Gasteiger partial charge < -0.3 is 20.4 Å². The van der Waals surface area contributed by atoms with Crippen LogP contribution in [0.2, 0.25) is 0 Å². The van der Waals surface area contributed by atoms with Crippen LogP contribution in [0.15, 0.2) is 46.9 Å². The van der Waals surface area contributed by atoms with Crippen LogP contribution in [0.5, 0.6) is 0 Å². The fourth-order valence-corrected chi connectivity index (χ4v) is 5.16. The molecule has 0 fully saturated rings. The van der Waals surface area contributed by atoms with Gasteiger partial charge in [0.25, 0.3) is 17.7 Å². The minimum atomic E-state index is -0.709. The molecule has 35 heavy (non-hydrogen) atoms. The maximum atomic E-state index is 13.5. The van der Waals surface area contributed by atoms with Crippen LogP contribution in [0.4, 0.5) is 5.00 Å². The van der Waals surface area contributed by atoms with Gasteiger partial charge in [-0.05, 0) is 57.5 Å². The molecule has 180 valence electrons. The molecule has 3 N–H and O–H groups in total. The second-order valence-corrected chi connectivity index (χ2v) is 9.06. The number of nitrogens with one attached hydrogen (secondary N) is 1. The molecule has 4 aromatic rings. The Balaban J connectivity index is 1.79. The van der Waals surface area contributed by atoms with Crippen molar-refractivity contribution in [2.75, 3.05) is 18.4 Å². The molecule has 0 unspecified atom stereocenters. The summed E-state index contributed by atoms with van der Waals surface area (Å²) in [5, 5.41) is 3.71. The van der Waals surface area contributed by atoms with E-state index in [9.17, 15) is 14.4 Å². The van der Waals surface area contributed by atoms with Crippen LogP contribution in [0.1, 0.15) is 55.6 Å². The number of aryl methyl sites for hydroxylation is 1. The Bertz CT molecular complexity index is 1450. The molecule has 0 saturated carbocycles. The van der Waals surface area contributed by atoms with E-state index in [-0.39, 0.29) is 16.5 Å². The molecular weight excluding hydrogens is 464 g/mol. The van der Waals surface area contributed by atoms with Crippen LogP contribution in [-0.2, 0) is 0 Å². The zero-order valence-electron chi connectivity index (χ0n) is 20.0. The van der Waals surface area contributed by atoms with E-state index in [0.717, 1.165) is 17.1 Å². The van der Waals surface area contributed by atoms with Crippen molar-refractivity contribution >= 4 is 45.0 Å². The van der Waals surface area contributed by atoms with Gasteiger partial charge in [0.05, 0.1) is 21.5 Å². The smallest absolute Gasteiger partial charge is 0.264 e. The lowest BCUT2D eigenvalue weighted by molar-refractivity contribution is 0.0777. The standard InChI is InChI=1S/C26H26N4O4S/c1-5-30(6-2)26(33)22-15(4)21(23(27)31)25(35-22)29-24(32)17-13-19(20-12-11-14(3)34-20)28-18-10-8-7-9-16(17)18/h7-13H,5-6H2,1-4H3,(H2,27,31)(H,29,32). The van der Waals surface area contributed by atoms with Crippen LogP contribution in [0, 0.1) is 13.8 Å². The van der Waals surface area contributed by atoms with E-state index in [1.165, 1.54) is 0 Å². The highest BCUT2D eigenvalue weighted by atomic mass is 32.1. The van der Waals surface area contributed by atoms with Gasteiger partial charge in [0.15, 0.2) is 5.76 Å². The van der Waals surface area contributed by atoms with Crippen molar-refractivity contribution in [3.63, 3.8) is 0 Å². The van der Waals surface area contributed by atoms with Crippen molar-refractivity contribution in [3.05, 3.63) is 69.8 Å². The first-order chi connectivity index (χ1) is 16.7. The molecule has 0 saturated heterocycles. The van der Waals surface area contributed by atoms with E-state index >= 15 is 0 Å². The molecule has 0 spiro atoms. The van der Waals surface area contributed by atoms with Crippen molar-refractivity contribution in [1.82, 2.24) is 9.88 Å². The van der Waals surface area contributed by atoms with Gasteiger partial charge >= 0.3 is 0 Å². The highest BCUT2D eigenvalue weighted by molar-refractivity contribution is 7.18. The molecule has 3 aromatic heterocycles. The number of carbonyl (C=O) groups excluding carboxylic acids is 3. The monoisotopic (exact) mass is 490 g/mol. The van der Waals surface area contributed by atoms with Gasteiger partial charge in [-0.15, -0.1) is 11.3 Å². The molecule has 0 aliphatic rings. The lowest BCUT2D eigenvalue weighted by Crippen LogP contribution is -2.30. The molecule has 8 nitrogen and oxygen atoms in total. The number of anilines is 1. The van der Waals surface area contributed by atoms with Crippen molar-refractivity contribution in [3.8, 4) is 11.5 Å². The van der Waals surface area contributed by atoms with Crippen LogP contribution in [0.25, 0.3) is 22.4 Å². The zero-order valence-corrected chi connectivity index (χ0v) is 20.8. The summed E-state index contributed by atoms with van der Waals surface area (Å²) in [6.45, 7) is 8.32. The molecule has 0 radical (unpaired) electrons. The van der Waals surface area contributed by atoms with E-state index in [2.05, 4.69) is 10.3 Å². The van der Waals surface area contributed by atoms with Gasteiger partial charge in [-0.2, -0.15) is 0 Å². The second kappa shape index (κ2) is 9.71. The van der Waals surface area contributed by atoms with Crippen molar-refractivity contribution in [2.24, 2.45) is 5.73 Å². The number of nitrogens with zero attached hydrogens (tertiary/aromatic N) is 2. The second-order valence-electron chi connectivity index (χ2n) is 8.04. The van der Waals surface area contributed by atoms with E-state index in [0.29, 0.717) is 51.5 Å². The van der Waals surface area contributed by atoms with Crippen molar-refractivity contribution < 1.29 is 18.8 Å². The van der Waals surface area contributed by atoms with Gasteiger partial charge in [-0.25, -0.2) is 4.98 Å². The number of fused-ring (bicyclic) bond motifs is 1. The van der Waals surface area contributed by atoms with Crippen LogP contribution in [0.3, 0.4) is 0 Å². The molecule has 1 aromatic carbocycles. The number of para-hydroxylation sites is 1. The quantitative estimate of drug-likeness (QED) is 0.378. The number of benzene rings is 1. The molecule has 0 aliphatic carbocycles. The third-order valence-electron chi connectivity index (χ3n) is 5.82. The molecular formula is C26H26N4O4S. The summed E-state index contributed by atoms with van der Waals surface area (Å²) < 4.78 is 5.72. The number of hydrogen-bond acceptors (Lipinski definition) is 6. The largest absolute Gasteiger partial charge is 0.460 e. The highest BCUT2D eigenvalue weighted by Gasteiger charge is 2.27. The first-order valence-corrected chi connectivity index (χ1v) is 12.1. The maximum absolute atomic E-state index is 13.5. The zero-order chi connectivity index (χ0) is 25.3. The van der Waals surface area contributed by atoms with Crippen LogP contribution >= 0.6 is 11.3 Å². The van der Waals surface area contributed by atoms with Crippen LogP contribution in [-0.4, -0.2) is 40.7 Å². The minimum absolute atomic E-state index is 0.138. The number of nitrogens with two attached hydrogens (primary N) is 1. The van der Waals surface area contributed by atoms with Gasteiger partial charge in [-0.3, -0.25) is 14.4 Å². The van der Waals surface area contributed by atoms with Gasteiger partial charge in [0.1, 0.15) is 16.5 Å². The normalized spacial score (nSPS) is 11.0.